The molecule has 118 valence electrons. The van der Waals surface area contributed by atoms with Crippen LogP contribution in [0.2, 0.25) is 0 Å². The lowest BCUT2D eigenvalue weighted by Crippen LogP contribution is -2.35. The van der Waals surface area contributed by atoms with E-state index in [0.717, 1.165) is 16.7 Å². The standard InChI is InChI=1S/C15H14F3NO2S/c16-15(17,18)11-4-2-1-3-10(11)8-19-12(20)7-14(13(19)21)5-6-22-9-14/h1-4H,5-9H2/t14-/m0/s1. The maximum absolute atomic E-state index is 13.0. The van der Waals surface area contributed by atoms with E-state index < -0.39 is 17.2 Å². The van der Waals surface area contributed by atoms with E-state index in [4.69, 9.17) is 0 Å². The number of carbonyl (C=O) groups is 2. The summed E-state index contributed by atoms with van der Waals surface area (Å²) in [6, 6.07) is 5.07. The third-order valence-electron chi connectivity index (χ3n) is 4.24. The largest absolute Gasteiger partial charge is 0.416 e. The van der Waals surface area contributed by atoms with Gasteiger partial charge in [0.25, 0.3) is 0 Å². The zero-order valence-electron chi connectivity index (χ0n) is 11.7. The van der Waals surface area contributed by atoms with E-state index in [1.54, 1.807) is 11.8 Å². The van der Waals surface area contributed by atoms with Crippen LogP contribution in [0.5, 0.6) is 0 Å². The van der Waals surface area contributed by atoms with Gasteiger partial charge in [0.2, 0.25) is 11.8 Å². The minimum atomic E-state index is -4.50. The van der Waals surface area contributed by atoms with Crippen molar-refractivity contribution in [2.45, 2.75) is 25.6 Å². The molecule has 3 rings (SSSR count). The summed E-state index contributed by atoms with van der Waals surface area (Å²) >= 11 is 1.61. The number of nitrogens with zero attached hydrogens (tertiary/aromatic N) is 1. The number of benzene rings is 1. The first-order valence-corrected chi connectivity index (χ1v) is 8.07. The van der Waals surface area contributed by atoms with Crippen molar-refractivity contribution in [3.8, 4) is 0 Å². The molecule has 2 fully saturated rings. The average molecular weight is 329 g/mol. The van der Waals surface area contributed by atoms with Crippen LogP contribution >= 0.6 is 11.8 Å². The summed E-state index contributed by atoms with van der Waals surface area (Å²) in [7, 11) is 0. The molecule has 2 heterocycles. The normalized spacial score (nSPS) is 25.5. The highest BCUT2D eigenvalue weighted by atomic mass is 32.2. The molecule has 22 heavy (non-hydrogen) atoms. The summed E-state index contributed by atoms with van der Waals surface area (Å²) in [6.07, 6.45) is -3.75. The van der Waals surface area contributed by atoms with Gasteiger partial charge in [-0.1, -0.05) is 18.2 Å². The van der Waals surface area contributed by atoms with Gasteiger partial charge in [-0.3, -0.25) is 14.5 Å². The molecular formula is C15H14F3NO2S. The maximum Gasteiger partial charge on any atom is 0.416 e. The number of alkyl halides is 3. The van der Waals surface area contributed by atoms with Gasteiger partial charge >= 0.3 is 6.18 Å². The minimum Gasteiger partial charge on any atom is -0.278 e. The van der Waals surface area contributed by atoms with Crippen molar-refractivity contribution >= 4 is 23.6 Å². The van der Waals surface area contributed by atoms with Crippen LogP contribution in [0.1, 0.15) is 24.0 Å². The molecule has 7 heteroatoms. The number of thioether (sulfide) groups is 1. The van der Waals surface area contributed by atoms with E-state index >= 15 is 0 Å². The van der Waals surface area contributed by atoms with Crippen LogP contribution in [0.15, 0.2) is 24.3 Å². The fourth-order valence-corrected chi connectivity index (χ4v) is 4.48. The van der Waals surface area contributed by atoms with Crippen LogP contribution in [0, 0.1) is 5.41 Å². The highest BCUT2D eigenvalue weighted by Crippen LogP contribution is 2.45. The fraction of sp³-hybridized carbons (Fsp3) is 0.467. The molecule has 0 aliphatic carbocycles. The molecule has 0 bridgehead atoms. The van der Waals surface area contributed by atoms with E-state index in [9.17, 15) is 22.8 Å². The lowest BCUT2D eigenvalue weighted by atomic mass is 9.86. The Morgan fingerprint density at radius 2 is 1.95 bits per heavy atom. The molecule has 0 N–H and O–H groups in total. The molecule has 1 aromatic rings. The molecule has 3 nitrogen and oxygen atoms in total. The number of likely N-dealkylation sites (tertiary alicyclic amines) is 1. The first-order valence-electron chi connectivity index (χ1n) is 6.91. The Balaban J connectivity index is 1.88. The van der Waals surface area contributed by atoms with E-state index in [0.29, 0.717) is 12.2 Å². The predicted octanol–water partition coefficient (Wildman–Crippen LogP) is 3.09. The lowest BCUT2D eigenvalue weighted by Gasteiger charge is -2.21. The molecule has 2 aliphatic rings. The molecule has 1 aromatic carbocycles. The van der Waals surface area contributed by atoms with Crippen molar-refractivity contribution in [1.29, 1.82) is 0 Å². The zero-order valence-corrected chi connectivity index (χ0v) is 12.5. The van der Waals surface area contributed by atoms with Crippen molar-refractivity contribution in [3.63, 3.8) is 0 Å². The van der Waals surface area contributed by atoms with Gasteiger partial charge in [-0.25, -0.2) is 0 Å². The number of amides is 2. The number of carbonyl (C=O) groups excluding carboxylic acids is 2. The summed E-state index contributed by atoms with van der Waals surface area (Å²) in [5, 5.41) is 0. The van der Waals surface area contributed by atoms with E-state index in [1.165, 1.54) is 18.2 Å². The van der Waals surface area contributed by atoms with Crippen LogP contribution in [0.3, 0.4) is 0 Å². The van der Waals surface area contributed by atoms with Crippen molar-refractivity contribution in [2.24, 2.45) is 5.41 Å². The number of halogens is 3. The van der Waals surface area contributed by atoms with E-state index in [1.807, 2.05) is 0 Å². The van der Waals surface area contributed by atoms with Gasteiger partial charge < -0.3 is 0 Å². The number of rotatable bonds is 2. The number of hydrogen-bond acceptors (Lipinski definition) is 3. The molecule has 1 atom stereocenters. The Bertz CT molecular complexity index is 623. The van der Waals surface area contributed by atoms with Crippen LogP contribution in [-0.4, -0.2) is 28.2 Å². The quantitative estimate of drug-likeness (QED) is 0.783. The monoisotopic (exact) mass is 329 g/mol. The van der Waals surface area contributed by atoms with Gasteiger partial charge in [-0.05, 0) is 23.8 Å². The van der Waals surface area contributed by atoms with Crippen molar-refractivity contribution < 1.29 is 22.8 Å². The van der Waals surface area contributed by atoms with Gasteiger partial charge in [0.1, 0.15) is 0 Å². The second kappa shape index (κ2) is 5.30. The molecule has 0 aromatic heterocycles. The highest BCUT2D eigenvalue weighted by Gasteiger charge is 2.53. The predicted molar refractivity (Wildman–Crippen MR) is 76.0 cm³/mol. The summed E-state index contributed by atoms with van der Waals surface area (Å²) in [5.74, 6) is 0.699. The summed E-state index contributed by atoms with van der Waals surface area (Å²) in [5.41, 5.74) is -1.52. The van der Waals surface area contributed by atoms with E-state index in [-0.39, 0.29) is 30.3 Å². The van der Waals surface area contributed by atoms with Crippen LogP contribution in [0.25, 0.3) is 0 Å². The zero-order chi connectivity index (χ0) is 16.0. The Labute approximate surface area is 129 Å². The second-order valence-corrected chi connectivity index (χ2v) is 6.80. The Morgan fingerprint density at radius 1 is 1.23 bits per heavy atom. The molecule has 2 saturated heterocycles. The van der Waals surface area contributed by atoms with Crippen LogP contribution < -0.4 is 0 Å². The van der Waals surface area contributed by atoms with Gasteiger partial charge in [0, 0.05) is 12.2 Å². The SMILES string of the molecule is O=C1C[C@]2(CCSC2)C(=O)N1Cc1ccccc1C(F)(F)F. The van der Waals surface area contributed by atoms with E-state index in [2.05, 4.69) is 0 Å². The second-order valence-electron chi connectivity index (χ2n) is 5.70. The van der Waals surface area contributed by atoms with Gasteiger partial charge in [0.15, 0.2) is 0 Å². The van der Waals surface area contributed by atoms with Crippen molar-refractivity contribution in [3.05, 3.63) is 35.4 Å². The van der Waals surface area contributed by atoms with Crippen molar-refractivity contribution in [1.82, 2.24) is 4.90 Å². The maximum atomic E-state index is 13.0. The topological polar surface area (TPSA) is 37.4 Å². The third-order valence-corrected chi connectivity index (χ3v) is 5.49. The Hall–Kier alpha value is -1.50. The molecule has 0 radical (unpaired) electrons. The summed E-state index contributed by atoms with van der Waals surface area (Å²) in [4.78, 5) is 25.6. The molecule has 0 saturated carbocycles. The average Bonchev–Trinajstić information content (AvgIpc) is 3.00. The molecule has 2 aliphatic heterocycles. The first-order chi connectivity index (χ1) is 10.3. The molecule has 2 amide bonds. The third kappa shape index (κ3) is 2.51. The van der Waals surface area contributed by atoms with Gasteiger partial charge in [-0.15, -0.1) is 0 Å². The van der Waals surface area contributed by atoms with Crippen LogP contribution in [0.4, 0.5) is 13.2 Å². The Kier molecular flexibility index (Phi) is 3.71. The molecular weight excluding hydrogens is 315 g/mol. The first kappa shape index (κ1) is 15.4. The Morgan fingerprint density at radius 3 is 2.59 bits per heavy atom. The smallest absolute Gasteiger partial charge is 0.278 e. The molecule has 1 spiro atoms. The van der Waals surface area contributed by atoms with Crippen molar-refractivity contribution in [2.75, 3.05) is 11.5 Å². The summed E-state index contributed by atoms with van der Waals surface area (Å²) in [6.45, 7) is -0.306. The van der Waals surface area contributed by atoms with Gasteiger partial charge in [-0.2, -0.15) is 24.9 Å². The fourth-order valence-electron chi connectivity index (χ4n) is 3.04. The summed E-state index contributed by atoms with van der Waals surface area (Å²) < 4.78 is 39.1. The highest BCUT2D eigenvalue weighted by molar-refractivity contribution is 7.99. The minimum absolute atomic E-state index is 0.0422. The lowest BCUT2D eigenvalue weighted by molar-refractivity contribution is -0.144. The number of imide groups is 1. The van der Waals surface area contributed by atoms with Crippen LogP contribution in [-0.2, 0) is 22.3 Å². The van der Waals surface area contributed by atoms with Gasteiger partial charge in [0.05, 0.1) is 17.5 Å². The number of hydrogen-bond donors (Lipinski definition) is 0. The molecule has 0 unspecified atom stereocenters.